The Labute approximate surface area is 146 Å². The quantitative estimate of drug-likeness (QED) is 0.836. The molecule has 2 heterocycles. The second-order valence-corrected chi connectivity index (χ2v) is 6.32. The Morgan fingerprint density at radius 2 is 1.92 bits per heavy atom. The maximum Gasteiger partial charge on any atom is 0.251 e. The fourth-order valence-corrected chi connectivity index (χ4v) is 2.85. The number of carbonyl (C=O) groups excluding carboxylic acids is 1. The molecule has 1 amide bonds. The van der Waals surface area contributed by atoms with Crippen LogP contribution in [0.4, 0.5) is 5.69 Å². The van der Waals surface area contributed by atoms with Crippen molar-refractivity contribution in [1.29, 1.82) is 0 Å². The van der Waals surface area contributed by atoms with Gasteiger partial charge in [-0.15, -0.1) is 0 Å². The number of piperidine rings is 1. The average Bonchev–Trinajstić information content (AvgIpc) is 2.62. The van der Waals surface area contributed by atoms with Gasteiger partial charge in [0.25, 0.3) is 5.91 Å². The maximum atomic E-state index is 12.2. The van der Waals surface area contributed by atoms with Gasteiger partial charge in [-0.2, -0.15) is 0 Å². The summed E-state index contributed by atoms with van der Waals surface area (Å²) >= 11 is 5.74. The lowest BCUT2D eigenvalue weighted by atomic mass is 10.1. The topological polar surface area (TPSA) is 65.5 Å². The number of amides is 1. The highest BCUT2D eigenvalue weighted by molar-refractivity contribution is 6.29. The van der Waals surface area contributed by atoms with E-state index in [-0.39, 0.29) is 12.0 Å². The minimum Gasteiger partial charge on any atom is -0.393 e. The number of hydrogen-bond donors (Lipinski definition) is 2. The lowest BCUT2D eigenvalue weighted by Crippen LogP contribution is -2.35. The minimum absolute atomic E-state index is 0.120. The molecule has 2 aromatic rings. The third kappa shape index (κ3) is 4.24. The van der Waals surface area contributed by atoms with Crippen molar-refractivity contribution in [2.75, 3.05) is 18.0 Å². The molecule has 6 heteroatoms. The molecule has 1 saturated heterocycles. The van der Waals surface area contributed by atoms with Gasteiger partial charge in [-0.3, -0.25) is 4.79 Å². The zero-order valence-corrected chi connectivity index (χ0v) is 14.0. The van der Waals surface area contributed by atoms with Crippen molar-refractivity contribution in [2.24, 2.45) is 0 Å². The monoisotopic (exact) mass is 345 g/mol. The van der Waals surface area contributed by atoms with Crippen LogP contribution >= 0.6 is 11.6 Å². The predicted octanol–water partition coefficient (Wildman–Crippen LogP) is 2.63. The summed E-state index contributed by atoms with van der Waals surface area (Å²) in [7, 11) is 0. The number of rotatable bonds is 4. The Kier molecular flexibility index (Phi) is 5.33. The number of aliphatic hydroxyl groups excluding tert-OH is 1. The van der Waals surface area contributed by atoms with Gasteiger partial charge in [0.15, 0.2) is 0 Å². The van der Waals surface area contributed by atoms with Crippen LogP contribution in [0.15, 0.2) is 42.6 Å². The molecule has 0 spiro atoms. The Balaban J connectivity index is 1.56. The van der Waals surface area contributed by atoms with Crippen molar-refractivity contribution < 1.29 is 9.90 Å². The highest BCUT2D eigenvalue weighted by atomic mass is 35.5. The first-order valence-corrected chi connectivity index (χ1v) is 8.41. The van der Waals surface area contributed by atoms with Gasteiger partial charge < -0.3 is 15.3 Å². The summed E-state index contributed by atoms with van der Waals surface area (Å²) in [5.41, 5.74) is 2.61. The molecule has 3 rings (SSSR count). The van der Waals surface area contributed by atoms with E-state index in [4.69, 9.17) is 11.6 Å². The van der Waals surface area contributed by atoms with Crippen LogP contribution in [0.2, 0.25) is 5.15 Å². The number of pyridine rings is 1. The zero-order chi connectivity index (χ0) is 16.9. The molecule has 126 valence electrons. The van der Waals surface area contributed by atoms with Crippen LogP contribution in [0.1, 0.15) is 28.8 Å². The van der Waals surface area contributed by atoms with Gasteiger partial charge in [0.1, 0.15) is 5.15 Å². The third-order valence-corrected chi connectivity index (χ3v) is 4.42. The number of nitrogens with one attached hydrogen (secondary N) is 1. The van der Waals surface area contributed by atoms with Crippen molar-refractivity contribution in [3.05, 3.63) is 58.9 Å². The Hall–Kier alpha value is -2.11. The van der Waals surface area contributed by atoms with Crippen LogP contribution in [0.5, 0.6) is 0 Å². The molecule has 2 N–H and O–H groups in total. The molecule has 0 bridgehead atoms. The van der Waals surface area contributed by atoms with Crippen LogP contribution in [-0.2, 0) is 6.54 Å². The second kappa shape index (κ2) is 7.64. The normalized spacial score (nSPS) is 15.3. The summed E-state index contributed by atoms with van der Waals surface area (Å²) in [4.78, 5) is 18.4. The fraction of sp³-hybridized carbons (Fsp3) is 0.333. The van der Waals surface area contributed by atoms with Crippen molar-refractivity contribution in [1.82, 2.24) is 10.3 Å². The Bertz CT molecular complexity index is 680. The molecule has 0 saturated carbocycles. The molecule has 1 aliphatic rings. The van der Waals surface area contributed by atoms with E-state index in [1.165, 1.54) is 0 Å². The molecular formula is C18H20ClN3O2. The largest absolute Gasteiger partial charge is 0.393 e. The van der Waals surface area contributed by atoms with Crippen LogP contribution in [0.25, 0.3) is 0 Å². The smallest absolute Gasteiger partial charge is 0.251 e. The maximum absolute atomic E-state index is 12.2. The average molecular weight is 346 g/mol. The third-order valence-electron chi connectivity index (χ3n) is 4.20. The van der Waals surface area contributed by atoms with Crippen LogP contribution in [0.3, 0.4) is 0 Å². The summed E-state index contributed by atoms with van der Waals surface area (Å²) in [6, 6.07) is 11.1. The molecular weight excluding hydrogens is 326 g/mol. The Morgan fingerprint density at radius 1 is 1.21 bits per heavy atom. The SMILES string of the molecule is O=C(NCc1ccc(Cl)nc1)c1ccc(N2CCC(O)CC2)cc1. The van der Waals surface area contributed by atoms with E-state index in [1.807, 2.05) is 30.3 Å². The molecule has 0 aliphatic carbocycles. The van der Waals surface area contributed by atoms with Gasteiger partial charge in [-0.25, -0.2) is 4.98 Å². The number of nitrogens with zero attached hydrogens (tertiary/aromatic N) is 2. The first kappa shape index (κ1) is 16.7. The summed E-state index contributed by atoms with van der Waals surface area (Å²) in [6.45, 7) is 2.10. The molecule has 5 nitrogen and oxygen atoms in total. The van der Waals surface area contributed by atoms with E-state index in [9.17, 15) is 9.90 Å². The summed E-state index contributed by atoms with van der Waals surface area (Å²) < 4.78 is 0. The first-order chi connectivity index (χ1) is 11.6. The highest BCUT2D eigenvalue weighted by Crippen LogP contribution is 2.20. The number of anilines is 1. The molecule has 1 fully saturated rings. The summed E-state index contributed by atoms with van der Waals surface area (Å²) in [5, 5.41) is 12.9. The first-order valence-electron chi connectivity index (χ1n) is 8.03. The van der Waals surface area contributed by atoms with Gasteiger partial charge in [-0.05, 0) is 48.7 Å². The van der Waals surface area contributed by atoms with E-state index in [0.29, 0.717) is 17.3 Å². The van der Waals surface area contributed by atoms with Gasteiger partial charge in [0.05, 0.1) is 6.10 Å². The molecule has 0 unspecified atom stereocenters. The van der Waals surface area contributed by atoms with E-state index in [2.05, 4.69) is 15.2 Å². The molecule has 0 radical (unpaired) electrons. The molecule has 24 heavy (non-hydrogen) atoms. The zero-order valence-electron chi connectivity index (χ0n) is 13.3. The van der Waals surface area contributed by atoms with Crippen LogP contribution < -0.4 is 10.2 Å². The molecule has 0 atom stereocenters. The van der Waals surface area contributed by atoms with Crippen LogP contribution in [0, 0.1) is 0 Å². The van der Waals surface area contributed by atoms with E-state index in [0.717, 1.165) is 37.2 Å². The number of aliphatic hydroxyl groups is 1. The van der Waals surface area contributed by atoms with Crippen molar-refractivity contribution in [3.8, 4) is 0 Å². The van der Waals surface area contributed by atoms with Gasteiger partial charge in [-0.1, -0.05) is 17.7 Å². The lowest BCUT2D eigenvalue weighted by molar-refractivity contribution is 0.0951. The standard InChI is InChI=1S/C18H20ClN3O2/c19-17-6-1-13(11-20-17)12-21-18(24)14-2-4-15(5-3-14)22-9-7-16(23)8-10-22/h1-6,11,16,23H,7-10,12H2,(H,21,24). The molecule has 1 aromatic carbocycles. The number of hydrogen-bond acceptors (Lipinski definition) is 4. The van der Waals surface area contributed by atoms with Crippen molar-refractivity contribution in [3.63, 3.8) is 0 Å². The van der Waals surface area contributed by atoms with Crippen molar-refractivity contribution >= 4 is 23.2 Å². The fourth-order valence-electron chi connectivity index (χ4n) is 2.74. The van der Waals surface area contributed by atoms with Gasteiger partial charge in [0.2, 0.25) is 0 Å². The van der Waals surface area contributed by atoms with E-state index in [1.54, 1.807) is 12.3 Å². The molecule has 1 aliphatic heterocycles. The van der Waals surface area contributed by atoms with Gasteiger partial charge in [0, 0.05) is 37.1 Å². The van der Waals surface area contributed by atoms with Gasteiger partial charge >= 0.3 is 0 Å². The molecule has 1 aromatic heterocycles. The lowest BCUT2D eigenvalue weighted by Gasteiger charge is -2.31. The van der Waals surface area contributed by atoms with Crippen LogP contribution in [-0.4, -0.2) is 35.2 Å². The number of benzene rings is 1. The summed E-state index contributed by atoms with van der Waals surface area (Å²) in [6.07, 6.45) is 3.04. The minimum atomic E-state index is -0.186. The predicted molar refractivity (Wildman–Crippen MR) is 94.3 cm³/mol. The number of aromatic nitrogens is 1. The highest BCUT2D eigenvalue weighted by Gasteiger charge is 2.17. The Morgan fingerprint density at radius 3 is 2.54 bits per heavy atom. The summed E-state index contributed by atoms with van der Waals surface area (Å²) in [5.74, 6) is -0.120. The number of halogens is 1. The number of carbonyl (C=O) groups is 1. The van der Waals surface area contributed by atoms with E-state index >= 15 is 0 Å². The van der Waals surface area contributed by atoms with Crippen molar-refractivity contribution in [2.45, 2.75) is 25.5 Å². The van der Waals surface area contributed by atoms with E-state index < -0.39 is 0 Å². The second-order valence-electron chi connectivity index (χ2n) is 5.94.